The molecule has 8 nitrogen and oxygen atoms in total. The first kappa shape index (κ1) is 18.4. The molecule has 2 atom stereocenters. The van der Waals surface area contributed by atoms with Crippen LogP contribution in [0, 0.1) is 10.1 Å². The van der Waals surface area contributed by atoms with E-state index in [1.165, 1.54) is 31.4 Å². The highest BCUT2D eigenvalue weighted by Gasteiger charge is 2.19. The summed E-state index contributed by atoms with van der Waals surface area (Å²) in [6.45, 7) is 0.0447. The maximum atomic E-state index is 12.1. The number of benzene rings is 2. The molecule has 0 aliphatic rings. The summed E-state index contributed by atoms with van der Waals surface area (Å²) >= 11 is 0. The highest BCUT2D eigenvalue weighted by molar-refractivity contribution is 5.94. The van der Waals surface area contributed by atoms with Gasteiger partial charge in [0.2, 0.25) is 0 Å². The summed E-state index contributed by atoms with van der Waals surface area (Å²) < 4.78 is 5.02. The molecule has 0 unspecified atom stereocenters. The van der Waals surface area contributed by atoms with Crippen LogP contribution in [0.25, 0.3) is 0 Å². The van der Waals surface area contributed by atoms with Crippen molar-refractivity contribution in [2.24, 2.45) is 5.73 Å². The Morgan fingerprint density at radius 1 is 1.24 bits per heavy atom. The number of carbonyl (C=O) groups is 1. The number of nitrogens with zero attached hydrogens (tertiary/aromatic N) is 1. The zero-order valence-corrected chi connectivity index (χ0v) is 13.6. The zero-order valence-electron chi connectivity index (χ0n) is 13.6. The topological polar surface area (TPSA) is 128 Å². The largest absolute Gasteiger partial charge is 0.497 e. The first-order valence-corrected chi connectivity index (χ1v) is 7.52. The van der Waals surface area contributed by atoms with Crippen molar-refractivity contribution in [2.45, 2.75) is 12.1 Å². The van der Waals surface area contributed by atoms with Gasteiger partial charge in [-0.3, -0.25) is 14.9 Å². The molecule has 2 aromatic carbocycles. The number of aliphatic hydroxyl groups excluding tert-OH is 1. The van der Waals surface area contributed by atoms with E-state index in [9.17, 15) is 20.0 Å². The number of aliphatic hydroxyl groups is 1. The number of methoxy groups -OCH3 is 1. The lowest BCUT2D eigenvalue weighted by atomic mass is 10.0. The molecular formula is C17H19N3O5. The Morgan fingerprint density at radius 2 is 1.84 bits per heavy atom. The summed E-state index contributed by atoms with van der Waals surface area (Å²) in [5, 5.41) is 23.5. The summed E-state index contributed by atoms with van der Waals surface area (Å²) in [6.07, 6.45) is -1.06. The molecule has 0 spiro atoms. The lowest BCUT2D eigenvalue weighted by molar-refractivity contribution is -0.384. The van der Waals surface area contributed by atoms with Gasteiger partial charge in [-0.2, -0.15) is 0 Å². The van der Waals surface area contributed by atoms with Gasteiger partial charge in [0.15, 0.2) is 0 Å². The van der Waals surface area contributed by atoms with Crippen molar-refractivity contribution in [2.75, 3.05) is 13.7 Å². The van der Waals surface area contributed by atoms with Crippen molar-refractivity contribution in [1.29, 1.82) is 0 Å². The first-order chi connectivity index (χ1) is 11.9. The van der Waals surface area contributed by atoms with E-state index >= 15 is 0 Å². The number of nitrogens with one attached hydrogen (secondary N) is 1. The molecule has 0 aliphatic carbocycles. The highest BCUT2D eigenvalue weighted by Crippen LogP contribution is 2.19. The summed E-state index contributed by atoms with van der Waals surface area (Å²) in [5.41, 5.74) is 6.71. The van der Waals surface area contributed by atoms with Crippen LogP contribution in [-0.4, -0.2) is 35.6 Å². The SMILES string of the molecule is COc1ccc(C(=O)NC[C@H](N)[C@@H](O)c2ccc([N+](=O)[O-])cc2)cc1. The van der Waals surface area contributed by atoms with Crippen molar-refractivity contribution in [1.82, 2.24) is 5.32 Å². The van der Waals surface area contributed by atoms with Crippen molar-refractivity contribution < 1.29 is 19.6 Å². The monoisotopic (exact) mass is 345 g/mol. The van der Waals surface area contributed by atoms with Crippen LogP contribution < -0.4 is 15.8 Å². The van der Waals surface area contributed by atoms with Gasteiger partial charge in [-0.1, -0.05) is 0 Å². The normalized spacial score (nSPS) is 12.9. The second kappa shape index (κ2) is 8.22. The number of hydrogen-bond donors (Lipinski definition) is 3. The van der Waals surface area contributed by atoms with Crippen LogP contribution in [0.2, 0.25) is 0 Å². The second-order valence-corrected chi connectivity index (χ2v) is 5.40. The Bertz CT molecular complexity index is 731. The standard InChI is InChI=1S/C17H19N3O5/c1-25-14-8-4-12(5-9-14)17(22)19-10-15(18)16(21)11-2-6-13(7-3-11)20(23)24/h2-9,15-16,21H,10,18H2,1H3,(H,19,22)/t15-,16-/m0/s1. The van der Waals surface area contributed by atoms with E-state index in [4.69, 9.17) is 10.5 Å². The van der Waals surface area contributed by atoms with Crippen LogP contribution in [0.4, 0.5) is 5.69 Å². The number of carbonyl (C=O) groups excluding carboxylic acids is 1. The van der Waals surface area contributed by atoms with Gasteiger partial charge >= 0.3 is 0 Å². The van der Waals surface area contributed by atoms with Gasteiger partial charge < -0.3 is 20.9 Å². The molecular weight excluding hydrogens is 326 g/mol. The molecule has 0 fully saturated rings. The fraction of sp³-hybridized carbons (Fsp3) is 0.235. The highest BCUT2D eigenvalue weighted by atomic mass is 16.6. The predicted molar refractivity (Wildman–Crippen MR) is 91.4 cm³/mol. The van der Waals surface area contributed by atoms with E-state index in [-0.39, 0.29) is 18.1 Å². The van der Waals surface area contributed by atoms with Crippen molar-refractivity contribution in [3.8, 4) is 5.75 Å². The molecule has 0 aromatic heterocycles. The van der Waals surface area contributed by atoms with Gasteiger partial charge in [-0.25, -0.2) is 0 Å². The summed E-state index contributed by atoms with van der Waals surface area (Å²) in [7, 11) is 1.54. The molecule has 8 heteroatoms. The number of nitrogens with two attached hydrogens (primary N) is 1. The third kappa shape index (κ3) is 4.75. The Balaban J connectivity index is 1.92. The average Bonchev–Trinajstić information content (AvgIpc) is 2.65. The van der Waals surface area contributed by atoms with E-state index in [0.29, 0.717) is 16.9 Å². The third-order valence-corrected chi connectivity index (χ3v) is 3.70. The van der Waals surface area contributed by atoms with E-state index in [2.05, 4.69) is 5.32 Å². The zero-order chi connectivity index (χ0) is 18.4. The predicted octanol–water partition coefficient (Wildman–Crippen LogP) is 1.39. The van der Waals surface area contributed by atoms with Crippen LogP contribution in [-0.2, 0) is 0 Å². The third-order valence-electron chi connectivity index (χ3n) is 3.70. The maximum absolute atomic E-state index is 12.1. The van der Waals surface area contributed by atoms with Gasteiger partial charge in [-0.05, 0) is 42.0 Å². The number of non-ortho nitro benzene ring substituents is 1. The summed E-state index contributed by atoms with van der Waals surface area (Å²) in [5.74, 6) is 0.316. The molecule has 2 rings (SSSR count). The maximum Gasteiger partial charge on any atom is 0.269 e. The van der Waals surface area contributed by atoms with Gasteiger partial charge in [0.05, 0.1) is 24.2 Å². The van der Waals surface area contributed by atoms with Crippen molar-refractivity contribution >= 4 is 11.6 Å². The van der Waals surface area contributed by atoms with Crippen molar-refractivity contribution in [3.63, 3.8) is 0 Å². The van der Waals surface area contributed by atoms with Crippen LogP contribution >= 0.6 is 0 Å². The molecule has 0 aliphatic heterocycles. The van der Waals surface area contributed by atoms with Crippen LogP contribution in [0.1, 0.15) is 22.0 Å². The first-order valence-electron chi connectivity index (χ1n) is 7.52. The number of rotatable bonds is 7. The average molecular weight is 345 g/mol. The van der Waals surface area contributed by atoms with Crippen molar-refractivity contribution in [3.05, 3.63) is 69.8 Å². The minimum absolute atomic E-state index is 0.0447. The molecule has 4 N–H and O–H groups in total. The van der Waals surface area contributed by atoms with E-state index < -0.39 is 17.1 Å². The van der Waals surface area contributed by atoms with Gasteiger partial charge in [-0.15, -0.1) is 0 Å². The molecule has 0 heterocycles. The number of ether oxygens (including phenoxy) is 1. The molecule has 1 amide bonds. The lowest BCUT2D eigenvalue weighted by Gasteiger charge is -2.19. The molecule has 0 radical (unpaired) electrons. The number of nitro groups is 1. The second-order valence-electron chi connectivity index (χ2n) is 5.40. The number of nitro benzene ring substituents is 1. The molecule has 25 heavy (non-hydrogen) atoms. The van der Waals surface area contributed by atoms with Crippen LogP contribution in [0.15, 0.2) is 48.5 Å². The molecule has 0 saturated heterocycles. The Labute approximate surface area is 144 Å². The fourth-order valence-electron chi connectivity index (χ4n) is 2.21. The Hall–Kier alpha value is -2.97. The lowest BCUT2D eigenvalue weighted by Crippen LogP contribution is -2.41. The molecule has 0 bridgehead atoms. The van der Waals surface area contributed by atoms with E-state index in [1.54, 1.807) is 24.3 Å². The van der Waals surface area contributed by atoms with Crippen LogP contribution in [0.5, 0.6) is 5.75 Å². The molecule has 2 aromatic rings. The Morgan fingerprint density at radius 3 is 2.36 bits per heavy atom. The number of hydrogen-bond acceptors (Lipinski definition) is 6. The number of amides is 1. The Kier molecular flexibility index (Phi) is 6.04. The quantitative estimate of drug-likeness (QED) is 0.514. The van der Waals surface area contributed by atoms with Gasteiger partial charge in [0.1, 0.15) is 5.75 Å². The molecule has 132 valence electrons. The van der Waals surface area contributed by atoms with Gasteiger partial charge in [0.25, 0.3) is 11.6 Å². The molecule has 0 saturated carbocycles. The van der Waals surface area contributed by atoms with E-state index in [1.807, 2.05) is 0 Å². The minimum Gasteiger partial charge on any atom is -0.497 e. The van der Waals surface area contributed by atoms with E-state index in [0.717, 1.165) is 0 Å². The van der Waals surface area contributed by atoms with Crippen LogP contribution in [0.3, 0.4) is 0 Å². The summed E-state index contributed by atoms with van der Waals surface area (Å²) in [4.78, 5) is 22.2. The van der Waals surface area contributed by atoms with Gasteiger partial charge in [0, 0.05) is 24.2 Å². The fourth-order valence-corrected chi connectivity index (χ4v) is 2.21. The smallest absolute Gasteiger partial charge is 0.269 e. The minimum atomic E-state index is -1.06. The summed E-state index contributed by atoms with van der Waals surface area (Å²) in [6, 6.07) is 11.3.